The predicted molar refractivity (Wildman–Crippen MR) is 121 cm³/mol. The first-order valence-corrected chi connectivity index (χ1v) is 11.2. The third-order valence-electron chi connectivity index (χ3n) is 4.67. The van der Waals surface area contributed by atoms with Gasteiger partial charge in [0, 0.05) is 12.0 Å². The molecule has 1 N–H and O–H groups in total. The van der Waals surface area contributed by atoms with Gasteiger partial charge in [-0.15, -0.1) is 0 Å². The third-order valence-corrected chi connectivity index (χ3v) is 6.02. The summed E-state index contributed by atoms with van der Waals surface area (Å²) >= 11 is 0. The zero-order valence-corrected chi connectivity index (χ0v) is 17.7. The highest BCUT2D eigenvalue weighted by Crippen LogP contribution is 2.23. The maximum absolute atomic E-state index is 12.8. The summed E-state index contributed by atoms with van der Waals surface area (Å²) < 4.78 is 33.3. The molecule has 0 amide bonds. The number of nitrogens with one attached hydrogen (secondary N) is 1. The van der Waals surface area contributed by atoms with Crippen molar-refractivity contribution >= 4 is 16.0 Å². The van der Waals surface area contributed by atoms with Gasteiger partial charge in [0.25, 0.3) is 10.0 Å². The van der Waals surface area contributed by atoms with Crippen molar-refractivity contribution in [2.45, 2.75) is 11.3 Å². The van der Waals surface area contributed by atoms with Gasteiger partial charge in [-0.2, -0.15) is 0 Å². The van der Waals surface area contributed by atoms with Gasteiger partial charge in [0.05, 0.1) is 23.4 Å². The molecular formula is C24H21N3O3S. The fourth-order valence-corrected chi connectivity index (χ4v) is 4.09. The van der Waals surface area contributed by atoms with Crippen LogP contribution in [-0.2, 0) is 16.4 Å². The molecule has 0 atom stereocenters. The van der Waals surface area contributed by atoms with Gasteiger partial charge in [0.2, 0.25) is 5.95 Å². The molecule has 0 aliphatic carbocycles. The molecule has 0 unspecified atom stereocenters. The van der Waals surface area contributed by atoms with Crippen LogP contribution in [0.3, 0.4) is 0 Å². The number of anilines is 1. The van der Waals surface area contributed by atoms with Crippen molar-refractivity contribution in [2.75, 3.05) is 11.8 Å². The molecule has 1 heterocycles. The number of hydrogen-bond acceptors (Lipinski definition) is 5. The standard InChI is InChI=1S/C24H21N3O3S/c1-30-21-14-12-18(13-15-21)16-20-17-23(19-8-4-2-5-9-19)26-24(25-20)27-31(28,29)22-10-6-3-7-11-22/h2-15,17H,16H2,1H3,(H,25,26,27). The molecular weight excluding hydrogens is 410 g/mol. The van der Waals surface area contributed by atoms with Crippen molar-refractivity contribution in [1.82, 2.24) is 9.97 Å². The Morgan fingerprint density at radius 3 is 2.13 bits per heavy atom. The van der Waals surface area contributed by atoms with E-state index in [0.29, 0.717) is 17.8 Å². The molecule has 31 heavy (non-hydrogen) atoms. The number of hydrogen-bond donors (Lipinski definition) is 1. The molecule has 4 rings (SSSR count). The van der Waals surface area contributed by atoms with Crippen LogP contribution in [0.25, 0.3) is 11.3 Å². The molecule has 0 saturated carbocycles. The van der Waals surface area contributed by atoms with Crippen LogP contribution in [0.5, 0.6) is 5.75 Å². The van der Waals surface area contributed by atoms with E-state index in [1.807, 2.05) is 60.7 Å². The normalized spacial score (nSPS) is 11.1. The van der Waals surface area contributed by atoms with Gasteiger partial charge in [-0.05, 0) is 35.9 Å². The van der Waals surface area contributed by atoms with Crippen LogP contribution in [0.4, 0.5) is 5.95 Å². The Labute approximate surface area is 181 Å². The molecule has 156 valence electrons. The summed E-state index contributed by atoms with van der Waals surface area (Å²) in [6.07, 6.45) is 0.520. The first kappa shape index (κ1) is 20.6. The van der Waals surface area contributed by atoms with Crippen LogP contribution >= 0.6 is 0 Å². The topological polar surface area (TPSA) is 81.2 Å². The van der Waals surface area contributed by atoms with Crippen molar-refractivity contribution in [3.8, 4) is 17.0 Å². The van der Waals surface area contributed by atoms with Crippen molar-refractivity contribution in [2.24, 2.45) is 0 Å². The molecule has 0 radical (unpaired) electrons. The van der Waals surface area contributed by atoms with Crippen molar-refractivity contribution < 1.29 is 13.2 Å². The Morgan fingerprint density at radius 2 is 1.48 bits per heavy atom. The second-order valence-corrected chi connectivity index (χ2v) is 8.56. The van der Waals surface area contributed by atoms with Gasteiger partial charge in [-0.25, -0.2) is 23.1 Å². The van der Waals surface area contributed by atoms with Crippen molar-refractivity contribution in [3.05, 3.63) is 102 Å². The molecule has 3 aromatic carbocycles. The number of aromatic nitrogens is 2. The molecule has 0 saturated heterocycles. The average molecular weight is 432 g/mol. The number of nitrogens with zero attached hydrogens (tertiary/aromatic N) is 2. The molecule has 6 nitrogen and oxygen atoms in total. The molecule has 0 spiro atoms. The summed E-state index contributed by atoms with van der Waals surface area (Å²) in [5.41, 5.74) is 3.24. The maximum Gasteiger partial charge on any atom is 0.264 e. The molecule has 1 aromatic heterocycles. The highest BCUT2D eigenvalue weighted by atomic mass is 32.2. The summed E-state index contributed by atoms with van der Waals surface area (Å²) in [4.78, 5) is 9.09. The van der Waals surface area contributed by atoms with Crippen LogP contribution in [-0.4, -0.2) is 25.5 Å². The monoisotopic (exact) mass is 431 g/mol. The Balaban J connectivity index is 1.71. The Kier molecular flexibility index (Phi) is 5.95. The van der Waals surface area contributed by atoms with E-state index in [9.17, 15) is 8.42 Å². The number of methoxy groups -OCH3 is 1. The fraction of sp³-hybridized carbons (Fsp3) is 0.0833. The second kappa shape index (κ2) is 8.97. The molecule has 4 aromatic rings. The Hall–Kier alpha value is -3.71. The van der Waals surface area contributed by atoms with Gasteiger partial charge in [0.15, 0.2) is 0 Å². The van der Waals surface area contributed by atoms with Crippen LogP contribution in [0.1, 0.15) is 11.3 Å². The lowest BCUT2D eigenvalue weighted by Crippen LogP contribution is -2.16. The lowest BCUT2D eigenvalue weighted by molar-refractivity contribution is 0.414. The number of sulfonamides is 1. The van der Waals surface area contributed by atoms with Crippen LogP contribution in [0.2, 0.25) is 0 Å². The van der Waals surface area contributed by atoms with Crippen LogP contribution in [0.15, 0.2) is 95.9 Å². The lowest BCUT2D eigenvalue weighted by Gasteiger charge is -2.11. The fourth-order valence-electron chi connectivity index (χ4n) is 3.12. The highest BCUT2D eigenvalue weighted by Gasteiger charge is 2.17. The van der Waals surface area contributed by atoms with E-state index in [-0.39, 0.29) is 10.8 Å². The maximum atomic E-state index is 12.8. The Morgan fingerprint density at radius 1 is 0.839 bits per heavy atom. The zero-order valence-electron chi connectivity index (χ0n) is 16.9. The number of rotatable bonds is 7. The first-order chi connectivity index (χ1) is 15.0. The van der Waals surface area contributed by atoms with E-state index in [2.05, 4.69) is 14.7 Å². The van der Waals surface area contributed by atoms with Gasteiger partial charge < -0.3 is 4.74 Å². The van der Waals surface area contributed by atoms with Crippen LogP contribution in [0, 0.1) is 0 Å². The van der Waals surface area contributed by atoms with Gasteiger partial charge in [-0.3, -0.25) is 0 Å². The van der Waals surface area contributed by atoms with E-state index in [0.717, 1.165) is 16.9 Å². The lowest BCUT2D eigenvalue weighted by atomic mass is 10.1. The van der Waals surface area contributed by atoms with Crippen molar-refractivity contribution in [1.29, 1.82) is 0 Å². The van der Waals surface area contributed by atoms with E-state index < -0.39 is 10.0 Å². The third kappa shape index (κ3) is 5.07. The molecule has 0 fully saturated rings. The minimum absolute atomic E-state index is 0.0358. The van der Waals surface area contributed by atoms with Gasteiger partial charge in [0.1, 0.15) is 5.75 Å². The smallest absolute Gasteiger partial charge is 0.264 e. The quantitative estimate of drug-likeness (QED) is 0.464. The summed E-state index contributed by atoms with van der Waals surface area (Å²) in [7, 11) is -2.18. The molecule has 0 aliphatic heterocycles. The summed E-state index contributed by atoms with van der Waals surface area (Å²) in [5, 5.41) is 0. The second-order valence-electron chi connectivity index (χ2n) is 6.88. The number of ether oxygens (including phenoxy) is 1. The van der Waals surface area contributed by atoms with Crippen LogP contribution < -0.4 is 9.46 Å². The molecule has 7 heteroatoms. The van der Waals surface area contributed by atoms with E-state index in [1.54, 1.807) is 25.3 Å². The Bertz CT molecular complexity index is 1260. The molecule has 0 bridgehead atoms. The SMILES string of the molecule is COc1ccc(Cc2cc(-c3ccccc3)nc(NS(=O)(=O)c3ccccc3)n2)cc1. The predicted octanol–water partition coefficient (Wildman–Crippen LogP) is 4.54. The summed E-state index contributed by atoms with van der Waals surface area (Å²) in [5.74, 6) is 0.807. The van der Waals surface area contributed by atoms with E-state index >= 15 is 0 Å². The summed E-state index contributed by atoms with van der Waals surface area (Å²) in [6, 6.07) is 27.3. The first-order valence-electron chi connectivity index (χ1n) is 9.68. The van der Waals surface area contributed by atoms with E-state index in [4.69, 9.17) is 4.74 Å². The van der Waals surface area contributed by atoms with Gasteiger partial charge >= 0.3 is 0 Å². The summed E-state index contributed by atoms with van der Waals surface area (Å²) in [6.45, 7) is 0. The molecule has 0 aliphatic rings. The van der Waals surface area contributed by atoms with Gasteiger partial charge in [-0.1, -0.05) is 60.7 Å². The largest absolute Gasteiger partial charge is 0.497 e. The minimum Gasteiger partial charge on any atom is -0.497 e. The number of benzene rings is 3. The average Bonchev–Trinajstić information content (AvgIpc) is 2.80. The highest BCUT2D eigenvalue weighted by molar-refractivity contribution is 7.92. The minimum atomic E-state index is -3.80. The van der Waals surface area contributed by atoms with Crippen molar-refractivity contribution in [3.63, 3.8) is 0 Å². The zero-order chi connectivity index (χ0) is 21.7. The van der Waals surface area contributed by atoms with E-state index in [1.165, 1.54) is 12.1 Å².